The molecule has 0 nitrogen and oxygen atoms in total. The Morgan fingerprint density at radius 2 is 0.647 bits per heavy atom. The summed E-state index contributed by atoms with van der Waals surface area (Å²) in [6, 6.07) is 34.6. The molecule has 168 valence electrons. The van der Waals surface area contributed by atoms with Gasteiger partial charge in [0.05, 0.1) is 0 Å². The van der Waals surface area contributed by atoms with Crippen molar-refractivity contribution in [3.63, 3.8) is 0 Å². The molecule has 2 atom stereocenters. The standard InChI is InChI=1S/C30H20Br4/c31-23-9-1-19(2-10-23)17-27-28(18-20-3-11-24(32)12-4-20)30(22-7-15-26(34)16-8-22)29(27)21-5-13-25(33)14-6-21/h1-18,29-30H/b27-17-,28-18+/t29-,30-/m0/s1. The molecule has 0 spiro atoms. The monoisotopic (exact) mass is 696 g/mol. The highest BCUT2D eigenvalue weighted by Crippen LogP contribution is 2.58. The minimum atomic E-state index is 0.277. The van der Waals surface area contributed by atoms with Gasteiger partial charge in [0, 0.05) is 29.7 Å². The Morgan fingerprint density at radius 1 is 0.382 bits per heavy atom. The highest BCUT2D eigenvalue weighted by molar-refractivity contribution is 9.11. The second kappa shape index (κ2) is 10.5. The van der Waals surface area contributed by atoms with E-state index in [9.17, 15) is 0 Å². The van der Waals surface area contributed by atoms with E-state index in [0.717, 1.165) is 17.9 Å². The van der Waals surface area contributed by atoms with Crippen LogP contribution in [0.1, 0.15) is 34.1 Å². The fraction of sp³-hybridized carbons (Fsp3) is 0.0667. The Hall–Kier alpha value is -1.72. The van der Waals surface area contributed by atoms with Gasteiger partial charge in [-0.2, -0.15) is 0 Å². The Bertz CT molecular complexity index is 1240. The van der Waals surface area contributed by atoms with Crippen molar-refractivity contribution in [2.24, 2.45) is 0 Å². The first-order valence-corrected chi connectivity index (χ1v) is 14.1. The van der Waals surface area contributed by atoms with Crippen LogP contribution in [0.5, 0.6) is 0 Å². The molecule has 4 heteroatoms. The molecule has 1 aliphatic carbocycles. The summed E-state index contributed by atoms with van der Waals surface area (Å²) < 4.78 is 4.37. The zero-order valence-corrected chi connectivity index (χ0v) is 24.4. The van der Waals surface area contributed by atoms with E-state index in [1.807, 2.05) is 0 Å². The Labute approximate surface area is 234 Å². The summed E-state index contributed by atoms with van der Waals surface area (Å²) in [6.07, 6.45) is 4.69. The molecule has 0 heterocycles. The van der Waals surface area contributed by atoms with Crippen LogP contribution in [0.4, 0.5) is 0 Å². The first kappa shape index (κ1) is 24.0. The van der Waals surface area contributed by atoms with E-state index in [0.29, 0.717) is 0 Å². The summed E-state index contributed by atoms with van der Waals surface area (Å²) in [6.45, 7) is 0. The lowest BCUT2D eigenvalue weighted by Gasteiger charge is -2.44. The second-order valence-electron chi connectivity index (χ2n) is 8.36. The summed E-state index contributed by atoms with van der Waals surface area (Å²) in [4.78, 5) is 0. The SMILES string of the molecule is Brc1ccc(/C=C2\C(=C\c3ccc(Br)cc3)[C@H](c3ccc(Br)cc3)[C@H]2c2ccc(Br)cc2)cc1. The number of halogens is 4. The number of hydrogen-bond acceptors (Lipinski definition) is 0. The molecule has 0 aromatic heterocycles. The molecule has 0 aliphatic heterocycles. The smallest absolute Gasteiger partial charge is 0.0202 e. The summed E-state index contributed by atoms with van der Waals surface area (Å²) in [5.74, 6) is 0.555. The van der Waals surface area contributed by atoms with Crippen molar-refractivity contribution >= 4 is 75.9 Å². The van der Waals surface area contributed by atoms with Crippen LogP contribution in [0.25, 0.3) is 12.2 Å². The Balaban J connectivity index is 1.68. The van der Waals surface area contributed by atoms with Gasteiger partial charge in [0.2, 0.25) is 0 Å². The third-order valence-electron chi connectivity index (χ3n) is 6.18. The predicted molar refractivity (Wildman–Crippen MR) is 158 cm³/mol. The van der Waals surface area contributed by atoms with Crippen LogP contribution in [0, 0.1) is 0 Å². The maximum atomic E-state index is 3.60. The van der Waals surface area contributed by atoms with E-state index in [1.54, 1.807) is 0 Å². The van der Waals surface area contributed by atoms with Crippen LogP contribution in [-0.4, -0.2) is 0 Å². The van der Waals surface area contributed by atoms with Gasteiger partial charge < -0.3 is 0 Å². The second-order valence-corrected chi connectivity index (χ2v) is 12.0. The van der Waals surface area contributed by atoms with Gasteiger partial charge in [0.1, 0.15) is 0 Å². The van der Waals surface area contributed by atoms with Crippen LogP contribution in [0.15, 0.2) is 126 Å². The van der Waals surface area contributed by atoms with E-state index >= 15 is 0 Å². The number of benzene rings is 4. The maximum absolute atomic E-state index is 3.60. The van der Waals surface area contributed by atoms with Crippen LogP contribution in [0.3, 0.4) is 0 Å². The van der Waals surface area contributed by atoms with Crippen molar-refractivity contribution in [2.45, 2.75) is 11.8 Å². The largest absolute Gasteiger partial charge is 0.0573 e. The van der Waals surface area contributed by atoms with E-state index in [1.165, 1.54) is 33.4 Å². The third kappa shape index (κ3) is 5.26. The fourth-order valence-electron chi connectivity index (χ4n) is 4.53. The molecule has 0 saturated heterocycles. The molecule has 0 unspecified atom stereocenters. The van der Waals surface area contributed by atoms with Crippen LogP contribution in [-0.2, 0) is 0 Å². The molecule has 0 amide bonds. The predicted octanol–water partition coefficient (Wildman–Crippen LogP) is 10.8. The molecule has 1 aliphatic rings. The summed E-state index contributed by atoms with van der Waals surface area (Å²) >= 11 is 14.3. The average molecular weight is 700 g/mol. The lowest BCUT2D eigenvalue weighted by molar-refractivity contribution is 0.596. The fourth-order valence-corrected chi connectivity index (χ4v) is 5.59. The summed E-state index contributed by atoms with van der Waals surface area (Å²) in [5.41, 5.74) is 7.79. The molecule has 4 aromatic rings. The summed E-state index contributed by atoms with van der Waals surface area (Å²) in [7, 11) is 0. The summed E-state index contributed by atoms with van der Waals surface area (Å²) in [5, 5.41) is 0. The van der Waals surface area contributed by atoms with Crippen molar-refractivity contribution in [3.8, 4) is 0 Å². The lowest BCUT2D eigenvalue weighted by Crippen LogP contribution is -2.28. The molecular weight excluding hydrogens is 680 g/mol. The van der Waals surface area contributed by atoms with Gasteiger partial charge in [0.15, 0.2) is 0 Å². The molecule has 0 N–H and O–H groups in total. The van der Waals surface area contributed by atoms with Crippen molar-refractivity contribution in [3.05, 3.63) is 148 Å². The van der Waals surface area contributed by atoms with Crippen LogP contribution >= 0.6 is 63.7 Å². The average Bonchev–Trinajstić information content (AvgIpc) is 2.84. The van der Waals surface area contributed by atoms with Crippen LogP contribution < -0.4 is 0 Å². The Kier molecular flexibility index (Phi) is 7.41. The van der Waals surface area contributed by atoms with Gasteiger partial charge in [-0.3, -0.25) is 0 Å². The number of hydrogen-bond donors (Lipinski definition) is 0. The molecule has 0 bridgehead atoms. The first-order chi connectivity index (χ1) is 16.5. The highest BCUT2D eigenvalue weighted by Gasteiger charge is 2.42. The molecule has 1 fully saturated rings. The molecule has 0 radical (unpaired) electrons. The van der Waals surface area contributed by atoms with Crippen molar-refractivity contribution < 1.29 is 0 Å². The van der Waals surface area contributed by atoms with E-state index in [4.69, 9.17) is 0 Å². The van der Waals surface area contributed by atoms with Gasteiger partial charge in [-0.25, -0.2) is 0 Å². The van der Waals surface area contributed by atoms with Gasteiger partial charge >= 0.3 is 0 Å². The molecular formula is C30H20Br4. The zero-order chi connectivity index (χ0) is 23.7. The quantitative estimate of drug-likeness (QED) is 0.199. The minimum Gasteiger partial charge on any atom is -0.0573 e. The normalized spacial score (nSPS) is 19.9. The number of allylic oxidation sites excluding steroid dienone is 2. The lowest BCUT2D eigenvalue weighted by atomic mass is 9.59. The van der Waals surface area contributed by atoms with E-state index < -0.39 is 0 Å². The van der Waals surface area contributed by atoms with Gasteiger partial charge in [-0.15, -0.1) is 0 Å². The van der Waals surface area contributed by atoms with Crippen molar-refractivity contribution in [1.82, 2.24) is 0 Å². The first-order valence-electron chi connectivity index (χ1n) is 10.9. The van der Waals surface area contributed by atoms with E-state index in [-0.39, 0.29) is 11.8 Å². The topological polar surface area (TPSA) is 0 Å². The minimum absolute atomic E-state index is 0.277. The maximum Gasteiger partial charge on any atom is 0.0202 e. The van der Waals surface area contributed by atoms with Crippen molar-refractivity contribution in [1.29, 1.82) is 0 Å². The third-order valence-corrected chi connectivity index (χ3v) is 8.29. The molecule has 5 rings (SSSR count). The van der Waals surface area contributed by atoms with Crippen molar-refractivity contribution in [2.75, 3.05) is 0 Å². The van der Waals surface area contributed by atoms with Gasteiger partial charge in [-0.1, -0.05) is 124 Å². The molecule has 1 saturated carbocycles. The molecule has 4 aromatic carbocycles. The van der Waals surface area contributed by atoms with Gasteiger partial charge in [-0.05, 0) is 81.9 Å². The Morgan fingerprint density at radius 3 is 0.941 bits per heavy atom. The highest BCUT2D eigenvalue weighted by atomic mass is 79.9. The molecule has 34 heavy (non-hydrogen) atoms. The number of rotatable bonds is 4. The van der Waals surface area contributed by atoms with E-state index in [2.05, 4.69) is 173 Å². The van der Waals surface area contributed by atoms with Gasteiger partial charge in [0.25, 0.3) is 0 Å². The zero-order valence-electron chi connectivity index (χ0n) is 18.1. The van der Waals surface area contributed by atoms with Crippen LogP contribution in [0.2, 0.25) is 0 Å².